The molecule has 2 unspecified atom stereocenters. The number of piperidine rings is 1. The predicted molar refractivity (Wildman–Crippen MR) is 83.1 cm³/mol. The Labute approximate surface area is 126 Å². The summed E-state index contributed by atoms with van der Waals surface area (Å²) in [7, 11) is 0. The van der Waals surface area contributed by atoms with Crippen LogP contribution < -0.4 is 4.90 Å². The van der Waals surface area contributed by atoms with E-state index in [0.29, 0.717) is 23.3 Å². The van der Waals surface area contributed by atoms with Crippen molar-refractivity contribution in [1.82, 2.24) is 4.90 Å². The first-order valence-corrected chi connectivity index (χ1v) is 8.04. The van der Waals surface area contributed by atoms with Crippen molar-refractivity contribution in [3.8, 4) is 0 Å². The van der Waals surface area contributed by atoms with Gasteiger partial charge in [0.25, 0.3) is 0 Å². The average molecular weight is 292 g/mol. The highest BCUT2D eigenvalue weighted by atomic mass is 19.1. The molecule has 0 spiro atoms. The van der Waals surface area contributed by atoms with Crippen molar-refractivity contribution in [3.05, 3.63) is 29.6 Å². The second-order valence-electron chi connectivity index (χ2n) is 6.53. The zero-order valence-corrected chi connectivity index (χ0v) is 12.9. The molecule has 3 rings (SSSR count). The van der Waals surface area contributed by atoms with Crippen LogP contribution in [0.1, 0.15) is 44.8 Å². The van der Waals surface area contributed by atoms with E-state index in [1.54, 1.807) is 6.92 Å². The van der Waals surface area contributed by atoms with Crippen LogP contribution in [0.15, 0.2) is 18.2 Å². The first-order valence-electron chi connectivity index (χ1n) is 8.04. The molecule has 0 bridgehead atoms. The minimum atomic E-state index is -0.624. The van der Waals surface area contributed by atoms with Crippen LogP contribution in [-0.2, 0) is 0 Å². The Hall–Kier alpha value is -1.13. The topological polar surface area (TPSA) is 26.7 Å². The zero-order valence-electron chi connectivity index (χ0n) is 12.9. The summed E-state index contributed by atoms with van der Waals surface area (Å²) >= 11 is 0. The first kappa shape index (κ1) is 14.8. The Morgan fingerprint density at radius 2 is 2.10 bits per heavy atom. The van der Waals surface area contributed by atoms with Gasteiger partial charge in [0.15, 0.2) is 0 Å². The van der Waals surface area contributed by atoms with Crippen molar-refractivity contribution in [2.24, 2.45) is 0 Å². The van der Waals surface area contributed by atoms with Crippen LogP contribution in [0.3, 0.4) is 0 Å². The van der Waals surface area contributed by atoms with Crippen molar-refractivity contribution in [3.63, 3.8) is 0 Å². The smallest absolute Gasteiger partial charge is 0.146 e. The molecule has 21 heavy (non-hydrogen) atoms. The van der Waals surface area contributed by atoms with E-state index < -0.39 is 6.10 Å². The van der Waals surface area contributed by atoms with E-state index in [2.05, 4.69) is 16.7 Å². The Bertz CT molecular complexity index is 506. The minimum absolute atomic E-state index is 0.218. The van der Waals surface area contributed by atoms with Crippen molar-refractivity contribution < 1.29 is 9.50 Å². The van der Waals surface area contributed by atoms with Crippen LogP contribution in [0, 0.1) is 5.82 Å². The van der Waals surface area contributed by atoms with Crippen LogP contribution in [0.25, 0.3) is 0 Å². The van der Waals surface area contributed by atoms with Crippen LogP contribution in [0.2, 0.25) is 0 Å². The molecule has 3 nitrogen and oxygen atoms in total. The molecule has 0 saturated carbocycles. The van der Waals surface area contributed by atoms with Crippen LogP contribution in [-0.4, -0.2) is 41.7 Å². The number of hydrogen-bond donors (Lipinski definition) is 1. The minimum Gasteiger partial charge on any atom is -0.389 e. The number of fused-ring (bicyclic) bond motifs is 1. The van der Waals surface area contributed by atoms with Crippen molar-refractivity contribution in [2.75, 3.05) is 24.5 Å². The third kappa shape index (κ3) is 2.92. The molecule has 116 valence electrons. The van der Waals surface area contributed by atoms with Gasteiger partial charge < -0.3 is 10.0 Å². The van der Waals surface area contributed by atoms with E-state index in [4.69, 9.17) is 0 Å². The van der Waals surface area contributed by atoms with Gasteiger partial charge in [-0.25, -0.2) is 4.39 Å². The number of benzene rings is 1. The Morgan fingerprint density at radius 1 is 1.29 bits per heavy atom. The van der Waals surface area contributed by atoms with Crippen molar-refractivity contribution in [1.29, 1.82) is 0 Å². The Morgan fingerprint density at radius 3 is 2.81 bits per heavy atom. The molecule has 0 aromatic heterocycles. The molecule has 0 radical (unpaired) electrons. The standard InChI is InChI=1S/C17H25FN2O/c1-12-10-19-8-4-3-5-15(19)11-20(12)17-7-6-14(13(2)21)9-16(17)18/h6-7,9,12-13,15,21H,3-5,8,10-11H2,1-2H3/t12?,13-,15?/m0/s1. The first-order chi connectivity index (χ1) is 10.1. The second kappa shape index (κ2) is 5.93. The lowest BCUT2D eigenvalue weighted by Crippen LogP contribution is -2.59. The van der Waals surface area contributed by atoms with E-state index >= 15 is 0 Å². The van der Waals surface area contributed by atoms with Gasteiger partial charge in [0, 0.05) is 25.2 Å². The quantitative estimate of drug-likeness (QED) is 0.908. The Kier molecular flexibility index (Phi) is 4.18. The maximum Gasteiger partial charge on any atom is 0.146 e. The highest BCUT2D eigenvalue weighted by Crippen LogP contribution is 2.30. The van der Waals surface area contributed by atoms with Gasteiger partial charge in [0.05, 0.1) is 11.8 Å². The van der Waals surface area contributed by atoms with Gasteiger partial charge in [-0.05, 0) is 50.9 Å². The number of aliphatic hydroxyl groups excluding tert-OH is 1. The van der Waals surface area contributed by atoms with Gasteiger partial charge in [-0.3, -0.25) is 4.90 Å². The largest absolute Gasteiger partial charge is 0.389 e. The number of halogens is 1. The highest BCUT2D eigenvalue weighted by molar-refractivity contribution is 5.51. The van der Waals surface area contributed by atoms with Gasteiger partial charge in [0.2, 0.25) is 0 Å². The second-order valence-corrected chi connectivity index (χ2v) is 6.53. The number of hydrogen-bond acceptors (Lipinski definition) is 3. The molecular formula is C17H25FN2O. The van der Waals surface area contributed by atoms with Gasteiger partial charge >= 0.3 is 0 Å². The SMILES string of the molecule is CC1CN2CCCCC2CN1c1ccc([C@H](C)O)cc1F. The summed E-state index contributed by atoms with van der Waals surface area (Å²) in [4.78, 5) is 4.76. The summed E-state index contributed by atoms with van der Waals surface area (Å²) in [5, 5.41) is 9.57. The lowest BCUT2D eigenvalue weighted by atomic mass is 9.96. The number of anilines is 1. The van der Waals surface area contributed by atoms with E-state index in [9.17, 15) is 9.50 Å². The van der Waals surface area contributed by atoms with Gasteiger partial charge in [-0.2, -0.15) is 0 Å². The monoisotopic (exact) mass is 292 g/mol. The number of rotatable bonds is 2. The van der Waals surface area contributed by atoms with Crippen molar-refractivity contribution >= 4 is 5.69 Å². The lowest BCUT2D eigenvalue weighted by molar-refractivity contribution is 0.115. The summed E-state index contributed by atoms with van der Waals surface area (Å²) in [5.41, 5.74) is 1.32. The van der Waals surface area contributed by atoms with Gasteiger partial charge in [-0.1, -0.05) is 12.5 Å². The van der Waals surface area contributed by atoms with E-state index in [-0.39, 0.29) is 5.82 Å². The van der Waals surface area contributed by atoms with Crippen LogP contribution >= 0.6 is 0 Å². The molecule has 1 aromatic carbocycles. The molecule has 2 aliphatic heterocycles. The van der Waals surface area contributed by atoms with Crippen LogP contribution in [0.5, 0.6) is 0 Å². The maximum absolute atomic E-state index is 14.4. The normalized spacial score (nSPS) is 28.3. The fraction of sp³-hybridized carbons (Fsp3) is 0.647. The maximum atomic E-state index is 14.4. The molecule has 0 aliphatic carbocycles. The summed E-state index contributed by atoms with van der Waals surface area (Å²) in [6.45, 7) is 6.95. The third-order valence-corrected chi connectivity index (χ3v) is 4.95. The fourth-order valence-electron chi connectivity index (χ4n) is 3.70. The fourth-order valence-corrected chi connectivity index (χ4v) is 3.70. The molecular weight excluding hydrogens is 267 g/mol. The highest BCUT2D eigenvalue weighted by Gasteiger charge is 2.33. The zero-order chi connectivity index (χ0) is 15.0. The van der Waals surface area contributed by atoms with Crippen molar-refractivity contribution in [2.45, 2.75) is 51.3 Å². The average Bonchev–Trinajstić information content (AvgIpc) is 2.46. The molecule has 2 saturated heterocycles. The Balaban J connectivity index is 1.82. The summed E-state index contributed by atoms with van der Waals surface area (Å²) in [5.74, 6) is -0.218. The molecule has 0 amide bonds. The lowest BCUT2D eigenvalue weighted by Gasteiger charge is -2.48. The molecule has 1 aromatic rings. The molecule has 2 fully saturated rings. The molecule has 3 atom stereocenters. The number of aliphatic hydroxyl groups is 1. The molecule has 1 N–H and O–H groups in total. The van der Waals surface area contributed by atoms with Gasteiger partial charge in [-0.15, -0.1) is 0 Å². The summed E-state index contributed by atoms with van der Waals surface area (Å²) in [6.07, 6.45) is 3.17. The van der Waals surface area contributed by atoms with E-state index in [1.807, 2.05) is 12.1 Å². The molecule has 2 aliphatic rings. The molecule has 2 heterocycles. The van der Waals surface area contributed by atoms with Gasteiger partial charge in [0.1, 0.15) is 5.82 Å². The van der Waals surface area contributed by atoms with E-state index in [1.165, 1.54) is 31.9 Å². The molecule has 4 heteroatoms. The number of nitrogens with zero attached hydrogens (tertiary/aromatic N) is 2. The van der Waals surface area contributed by atoms with E-state index in [0.717, 1.165) is 13.1 Å². The van der Waals surface area contributed by atoms with Crippen LogP contribution in [0.4, 0.5) is 10.1 Å². The third-order valence-electron chi connectivity index (χ3n) is 4.95. The predicted octanol–water partition coefficient (Wildman–Crippen LogP) is 2.94. The summed E-state index contributed by atoms with van der Waals surface area (Å²) in [6, 6.07) is 6.02. The number of piperazine rings is 1. The summed E-state index contributed by atoms with van der Waals surface area (Å²) < 4.78 is 14.4.